The van der Waals surface area contributed by atoms with Crippen LogP contribution < -0.4 is 9.80 Å². The van der Waals surface area contributed by atoms with Crippen LogP contribution in [0.15, 0.2) is 42.5 Å². The predicted octanol–water partition coefficient (Wildman–Crippen LogP) is 4.53. The molecule has 1 atom stereocenters. The number of carbonyl (C=O) groups is 2. The number of benzene rings is 2. The number of aryl methyl sites for hydroxylation is 1. The summed E-state index contributed by atoms with van der Waals surface area (Å²) >= 11 is 0. The normalized spacial score (nSPS) is 18.2. The number of anilines is 2. The van der Waals surface area contributed by atoms with Crippen LogP contribution in [-0.2, 0) is 9.53 Å². The molecule has 0 saturated heterocycles. The molecular formula is C27H31N5O3. The molecule has 1 fully saturated rings. The topological polar surface area (TPSA) is 80.6 Å². The molecule has 5 rings (SSSR count). The highest BCUT2D eigenvalue weighted by Crippen LogP contribution is 2.42. The van der Waals surface area contributed by atoms with Gasteiger partial charge in [-0.05, 0) is 63.9 Å². The Labute approximate surface area is 205 Å². The largest absolute Gasteiger partial charge is 0.460 e. The Hall–Kier alpha value is -3.68. The van der Waals surface area contributed by atoms with Crippen molar-refractivity contribution in [3.8, 4) is 17.1 Å². The van der Waals surface area contributed by atoms with E-state index in [0.29, 0.717) is 11.9 Å². The van der Waals surface area contributed by atoms with Crippen LogP contribution in [0, 0.1) is 6.92 Å². The van der Waals surface area contributed by atoms with E-state index in [2.05, 4.69) is 21.0 Å². The van der Waals surface area contributed by atoms with E-state index in [1.807, 2.05) is 57.3 Å². The van der Waals surface area contributed by atoms with E-state index < -0.39 is 5.97 Å². The third-order valence-corrected chi connectivity index (χ3v) is 7.04. The van der Waals surface area contributed by atoms with E-state index in [4.69, 9.17) is 4.74 Å². The number of rotatable bonds is 5. The predicted molar refractivity (Wildman–Crippen MR) is 135 cm³/mol. The summed E-state index contributed by atoms with van der Waals surface area (Å²) < 4.78 is 6.86. The highest BCUT2D eigenvalue weighted by molar-refractivity contribution is 6.05. The van der Waals surface area contributed by atoms with E-state index in [1.54, 1.807) is 16.5 Å². The lowest BCUT2D eigenvalue weighted by Crippen LogP contribution is -2.54. The number of likely N-dealkylation sites (N-methyl/N-ethyl adjacent to an activating group) is 1. The van der Waals surface area contributed by atoms with Gasteiger partial charge in [0.15, 0.2) is 5.82 Å². The second-order valence-electron chi connectivity index (χ2n) is 9.35. The maximum Gasteiger partial charge on any atom is 0.378 e. The average molecular weight is 474 g/mol. The van der Waals surface area contributed by atoms with Crippen LogP contribution in [0.3, 0.4) is 0 Å². The summed E-state index contributed by atoms with van der Waals surface area (Å²) in [5, 5.41) is 4.51. The molecule has 2 heterocycles. The Bertz CT molecular complexity index is 1260. The second-order valence-corrected chi connectivity index (χ2v) is 9.35. The zero-order valence-corrected chi connectivity index (χ0v) is 20.7. The molecule has 8 heteroatoms. The summed E-state index contributed by atoms with van der Waals surface area (Å²) in [7, 11) is 1.83. The fourth-order valence-corrected chi connectivity index (χ4v) is 5.22. The molecule has 1 aliphatic heterocycles. The smallest absolute Gasteiger partial charge is 0.378 e. The number of carbonyl (C=O) groups excluding carboxylic acids is 2. The number of hydrogen-bond acceptors (Lipinski definition) is 6. The molecule has 1 aliphatic carbocycles. The van der Waals surface area contributed by atoms with Crippen LogP contribution in [0.4, 0.5) is 11.4 Å². The van der Waals surface area contributed by atoms with Crippen molar-refractivity contribution in [2.45, 2.75) is 58.5 Å². The maximum absolute atomic E-state index is 13.0. The van der Waals surface area contributed by atoms with Crippen LogP contribution in [0.1, 0.15) is 55.7 Å². The Balaban J connectivity index is 1.65. The lowest BCUT2D eigenvalue weighted by Gasteiger charge is -2.43. The first-order valence-electron chi connectivity index (χ1n) is 12.3. The molecule has 2 aromatic carbocycles. The van der Waals surface area contributed by atoms with Gasteiger partial charge in [0.2, 0.25) is 5.91 Å². The Kier molecular flexibility index (Phi) is 6.05. The van der Waals surface area contributed by atoms with Gasteiger partial charge >= 0.3 is 5.97 Å². The minimum atomic E-state index is -0.552. The minimum Gasteiger partial charge on any atom is -0.460 e. The number of esters is 1. The fraction of sp³-hybridized carbons (Fsp3) is 0.407. The van der Waals surface area contributed by atoms with Gasteiger partial charge in [0, 0.05) is 18.7 Å². The van der Waals surface area contributed by atoms with E-state index >= 15 is 0 Å². The second kappa shape index (κ2) is 9.17. The van der Waals surface area contributed by atoms with E-state index in [0.717, 1.165) is 41.0 Å². The van der Waals surface area contributed by atoms with Crippen LogP contribution in [0.5, 0.6) is 0 Å². The maximum atomic E-state index is 13.0. The standard InChI is InChI=1S/C27H31N5O3/c1-5-35-27(34)24-28-25(32(29-24)21-13-10-17(2)11-14-21)19-12-15-22-23(16-19)31(20-8-6-7-9-20)18(3)26(33)30(22)4/h10-16,18,20H,5-9H2,1-4H3/t18-/m1/s1. The van der Waals surface area contributed by atoms with Gasteiger partial charge in [-0.15, -0.1) is 5.10 Å². The molecule has 2 aliphatic rings. The summed E-state index contributed by atoms with van der Waals surface area (Å²) in [6.45, 7) is 6.02. The fourth-order valence-electron chi connectivity index (χ4n) is 5.22. The molecule has 0 spiro atoms. The first-order valence-corrected chi connectivity index (χ1v) is 12.3. The molecule has 1 aromatic heterocycles. The van der Waals surface area contributed by atoms with Gasteiger partial charge in [0.25, 0.3) is 5.82 Å². The number of ether oxygens (including phenoxy) is 1. The molecule has 3 aromatic rings. The highest BCUT2D eigenvalue weighted by Gasteiger charge is 2.38. The Morgan fingerprint density at radius 2 is 1.80 bits per heavy atom. The van der Waals surface area contributed by atoms with Crippen LogP contribution >= 0.6 is 0 Å². The van der Waals surface area contributed by atoms with Crippen LogP contribution in [0.25, 0.3) is 17.1 Å². The SMILES string of the molecule is CCOC(=O)c1nc(-c2ccc3c(c2)N(C2CCCC2)[C@H](C)C(=O)N3C)n(-c2ccc(C)cc2)n1. The van der Waals surface area contributed by atoms with Crippen molar-refractivity contribution in [2.24, 2.45) is 0 Å². The first kappa shape index (κ1) is 23.1. The highest BCUT2D eigenvalue weighted by atomic mass is 16.5. The quantitative estimate of drug-likeness (QED) is 0.507. The van der Waals surface area contributed by atoms with Gasteiger partial charge in [-0.25, -0.2) is 14.5 Å². The van der Waals surface area contributed by atoms with Gasteiger partial charge in [-0.1, -0.05) is 30.5 Å². The number of hydrogen-bond donors (Lipinski definition) is 0. The molecule has 1 saturated carbocycles. The summed E-state index contributed by atoms with van der Waals surface area (Å²) in [5.41, 5.74) is 4.66. The Morgan fingerprint density at radius 3 is 2.49 bits per heavy atom. The molecule has 0 unspecified atom stereocenters. The summed E-state index contributed by atoms with van der Waals surface area (Å²) in [6.07, 6.45) is 4.52. The molecule has 1 amide bonds. The van der Waals surface area contributed by atoms with Gasteiger partial charge in [0.1, 0.15) is 6.04 Å². The zero-order valence-electron chi connectivity index (χ0n) is 20.7. The lowest BCUT2D eigenvalue weighted by molar-refractivity contribution is -0.119. The van der Waals surface area contributed by atoms with Crippen molar-refractivity contribution in [1.29, 1.82) is 0 Å². The lowest BCUT2D eigenvalue weighted by atomic mass is 10.0. The van der Waals surface area contributed by atoms with Crippen molar-refractivity contribution in [3.05, 3.63) is 53.9 Å². The molecule has 0 radical (unpaired) electrons. The van der Waals surface area contributed by atoms with Crippen molar-refractivity contribution in [1.82, 2.24) is 14.8 Å². The van der Waals surface area contributed by atoms with E-state index in [1.165, 1.54) is 12.8 Å². The van der Waals surface area contributed by atoms with Crippen LogP contribution in [-0.4, -0.2) is 52.4 Å². The molecular weight excluding hydrogens is 442 g/mol. The first-order chi connectivity index (χ1) is 16.9. The third kappa shape index (κ3) is 4.07. The van der Waals surface area contributed by atoms with E-state index in [-0.39, 0.29) is 24.4 Å². The molecule has 8 nitrogen and oxygen atoms in total. The van der Waals surface area contributed by atoms with Crippen molar-refractivity contribution < 1.29 is 14.3 Å². The van der Waals surface area contributed by atoms with Crippen molar-refractivity contribution >= 4 is 23.3 Å². The Morgan fingerprint density at radius 1 is 1.09 bits per heavy atom. The van der Waals surface area contributed by atoms with E-state index in [9.17, 15) is 9.59 Å². The number of aromatic nitrogens is 3. The third-order valence-electron chi connectivity index (χ3n) is 7.04. The number of fused-ring (bicyclic) bond motifs is 1. The van der Waals surface area contributed by atoms with Crippen LogP contribution in [0.2, 0.25) is 0 Å². The summed E-state index contributed by atoms with van der Waals surface area (Å²) in [4.78, 5) is 34.1. The monoisotopic (exact) mass is 473 g/mol. The van der Waals surface area contributed by atoms with Gasteiger partial charge in [-0.2, -0.15) is 0 Å². The molecule has 0 N–H and O–H groups in total. The van der Waals surface area contributed by atoms with Gasteiger partial charge in [0.05, 0.1) is 23.7 Å². The summed E-state index contributed by atoms with van der Waals surface area (Å²) in [5.74, 6) is 0.125. The van der Waals surface area contributed by atoms with Crippen molar-refractivity contribution in [3.63, 3.8) is 0 Å². The number of amides is 1. The molecule has 0 bridgehead atoms. The molecule has 182 valence electrons. The number of nitrogens with zero attached hydrogens (tertiary/aromatic N) is 5. The zero-order chi connectivity index (χ0) is 24.7. The van der Waals surface area contributed by atoms with Crippen molar-refractivity contribution in [2.75, 3.05) is 23.5 Å². The molecule has 35 heavy (non-hydrogen) atoms. The minimum absolute atomic E-state index is 0.0217. The average Bonchev–Trinajstić information content (AvgIpc) is 3.54. The van der Waals surface area contributed by atoms with Gasteiger partial charge in [-0.3, -0.25) is 4.79 Å². The van der Waals surface area contributed by atoms with Gasteiger partial charge < -0.3 is 14.5 Å². The summed E-state index contributed by atoms with van der Waals surface area (Å²) in [6, 6.07) is 14.0.